The van der Waals surface area contributed by atoms with Gasteiger partial charge in [-0.25, -0.2) is 4.98 Å². The molecular formula is C22H29ClN4O3. The maximum absolute atomic E-state index is 13.1. The number of oxazole rings is 1. The Hall–Kier alpha value is -2.12. The van der Waals surface area contributed by atoms with Crippen molar-refractivity contribution in [1.29, 1.82) is 0 Å². The number of hydrogen-bond acceptors (Lipinski definition) is 5. The van der Waals surface area contributed by atoms with Crippen LogP contribution in [0.5, 0.6) is 0 Å². The van der Waals surface area contributed by atoms with Crippen LogP contribution in [0.3, 0.4) is 0 Å². The van der Waals surface area contributed by atoms with Crippen LogP contribution < -0.4 is 5.32 Å². The number of halogens is 1. The summed E-state index contributed by atoms with van der Waals surface area (Å²) in [6, 6.07) is 5.80. The minimum atomic E-state index is -0.0550. The number of hydrogen-bond donors (Lipinski definition) is 1. The van der Waals surface area contributed by atoms with E-state index in [-0.39, 0.29) is 36.2 Å². The van der Waals surface area contributed by atoms with E-state index in [9.17, 15) is 9.59 Å². The summed E-state index contributed by atoms with van der Waals surface area (Å²) >= 11 is 0. The molecule has 1 N–H and O–H groups in total. The van der Waals surface area contributed by atoms with Crippen LogP contribution in [0.25, 0.3) is 11.1 Å². The minimum Gasteiger partial charge on any atom is -0.440 e. The Morgan fingerprint density at radius 1 is 1.10 bits per heavy atom. The lowest BCUT2D eigenvalue weighted by Gasteiger charge is -2.44. The van der Waals surface area contributed by atoms with Gasteiger partial charge >= 0.3 is 0 Å². The largest absolute Gasteiger partial charge is 0.440 e. The molecule has 0 aliphatic carbocycles. The van der Waals surface area contributed by atoms with Crippen LogP contribution in [0.1, 0.15) is 54.8 Å². The Bertz CT molecular complexity index is 930. The molecule has 4 aliphatic heterocycles. The summed E-state index contributed by atoms with van der Waals surface area (Å²) in [5, 5.41) is 3.26. The van der Waals surface area contributed by atoms with Gasteiger partial charge in [0.15, 0.2) is 11.5 Å². The number of para-hydroxylation sites is 1. The normalized spacial score (nSPS) is 26.4. The summed E-state index contributed by atoms with van der Waals surface area (Å²) in [6.07, 6.45) is 4.02. The van der Waals surface area contributed by atoms with Crippen molar-refractivity contribution in [3.05, 3.63) is 29.7 Å². The molecular weight excluding hydrogens is 404 g/mol. The van der Waals surface area contributed by atoms with Crippen LogP contribution in [-0.2, 0) is 4.79 Å². The number of benzene rings is 1. The lowest BCUT2D eigenvalue weighted by atomic mass is 9.84. The quantitative estimate of drug-likeness (QED) is 0.806. The number of fused-ring (bicyclic) bond motifs is 4. The number of rotatable bonds is 3. The molecule has 4 fully saturated rings. The molecule has 1 aromatic heterocycles. The smallest absolute Gasteiger partial charge is 0.253 e. The fraction of sp³-hybridized carbons (Fsp3) is 0.591. The second kappa shape index (κ2) is 8.55. The fourth-order valence-electron chi connectivity index (χ4n) is 5.14. The summed E-state index contributed by atoms with van der Waals surface area (Å²) in [4.78, 5) is 33.6. The van der Waals surface area contributed by atoms with Gasteiger partial charge in [0.1, 0.15) is 5.52 Å². The highest BCUT2D eigenvalue weighted by molar-refractivity contribution is 6.04. The molecule has 1 aromatic carbocycles. The summed E-state index contributed by atoms with van der Waals surface area (Å²) in [6.45, 7) is 6.33. The van der Waals surface area contributed by atoms with E-state index in [1.165, 1.54) is 12.8 Å². The lowest BCUT2D eigenvalue weighted by molar-refractivity contribution is -0.129. The first kappa shape index (κ1) is 21.1. The highest BCUT2D eigenvalue weighted by Gasteiger charge is 2.35. The van der Waals surface area contributed by atoms with Gasteiger partial charge in [-0.15, -0.1) is 12.4 Å². The van der Waals surface area contributed by atoms with Crippen molar-refractivity contribution < 1.29 is 14.0 Å². The van der Waals surface area contributed by atoms with E-state index in [0.29, 0.717) is 28.5 Å². The summed E-state index contributed by atoms with van der Waals surface area (Å²) in [5.74, 6) is 1.53. The summed E-state index contributed by atoms with van der Waals surface area (Å²) in [7, 11) is 0. The maximum atomic E-state index is 13.1. The Morgan fingerprint density at radius 2 is 1.83 bits per heavy atom. The van der Waals surface area contributed by atoms with Gasteiger partial charge in [0.25, 0.3) is 5.91 Å². The third-order valence-corrected chi connectivity index (χ3v) is 6.94. The van der Waals surface area contributed by atoms with Gasteiger partial charge in [-0.05, 0) is 56.8 Å². The van der Waals surface area contributed by atoms with Crippen molar-refractivity contribution >= 4 is 35.3 Å². The second-order valence-corrected chi connectivity index (χ2v) is 8.70. The average molecular weight is 433 g/mol. The number of likely N-dealkylation sites (tertiary alicyclic amines) is 1. The maximum Gasteiger partial charge on any atom is 0.253 e. The molecule has 0 radical (unpaired) electrons. The van der Waals surface area contributed by atoms with Crippen LogP contribution in [0, 0.1) is 5.92 Å². The predicted octanol–water partition coefficient (Wildman–Crippen LogP) is 2.80. The van der Waals surface area contributed by atoms with E-state index in [1.54, 1.807) is 6.92 Å². The van der Waals surface area contributed by atoms with Crippen LogP contribution in [-0.4, -0.2) is 65.4 Å². The molecule has 2 bridgehead atoms. The molecule has 8 heteroatoms. The first-order valence-corrected chi connectivity index (χ1v) is 10.8. The average Bonchev–Trinajstić information content (AvgIpc) is 3.19. The van der Waals surface area contributed by atoms with Crippen molar-refractivity contribution in [2.75, 3.05) is 32.7 Å². The number of nitrogens with one attached hydrogen (secondary N) is 1. The second-order valence-electron chi connectivity index (χ2n) is 8.70. The highest BCUT2D eigenvalue weighted by Crippen LogP contribution is 2.32. The molecule has 4 aliphatic rings. The number of piperidine rings is 4. The van der Waals surface area contributed by atoms with Crippen molar-refractivity contribution in [2.45, 2.75) is 44.6 Å². The Kier molecular flexibility index (Phi) is 6.02. The van der Waals surface area contributed by atoms with E-state index >= 15 is 0 Å². The summed E-state index contributed by atoms with van der Waals surface area (Å²) in [5.41, 5.74) is 1.90. The number of aromatic nitrogens is 1. The Morgan fingerprint density at radius 3 is 2.47 bits per heavy atom. The zero-order valence-corrected chi connectivity index (χ0v) is 18.1. The van der Waals surface area contributed by atoms with Crippen molar-refractivity contribution in [3.63, 3.8) is 0 Å². The zero-order chi connectivity index (χ0) is 20.0. The minimum absolute atomic E-state index is 0. The van der Waals surface area contributed by atoms with Crippen molar-refractivity contribution in [1.82, 2.24) is 20.1 Å². The summed E-state index contributed by atoms with van der Waals surface area (Å²) < 4.78 is 6.03. The van der Waals surface area contributed by atoms with E-state index in [4.69, 9.17) is 9.40 Å². The number of amides is 2. The molecule has 162 valence electrons. The molecule has 0 unspecified atom stereocenters. The van der Waals surface area contributed by atoms with Crippen molar-refractivity contribution in [2.24, 2.45) is 5.92 Å². The van der Waals surface area contributed by atoms with E-state index < -0.39 is 0 Å². The van der Waals surface area contributed by atoms with Crippen LogP contribution in [0.15, 0.2) is 22.6 Å². The third kappa shape index (κ3) is 3.93. The SMILES string of the molecule is CC(=O)N1CCC(c2nc3c(C(=O)N[C@@H]4CN5CCC4CC5)cccc3o2)CC1.Cl. The molecule has 6 rings (SSSR count). The number of carbonyl (C=O) groups excluding carboxylic acids is 2. The zero-order valence-electron chi connectivity index (χ0n) is 17.3. The molecule has 30 heavy (non-hydrogen) atoms. The van der Waals surface area contributed by atoms with Gasteiger partial charge in [0.05, 0.1) is 5.56 Å². The van der Waals surface area contributed by atoms with Gasteiger partial charge < -0.3 is 19.5 Å². The molecule has 2 aromatic rings. The van der Waals surface area contributed by atoms with Crippen LogP contribution in [0.4, 0.5) is 0 Å². The number of carbonyl (C=O) groups is 2. The molecule has 2 amide bonds. The van der Waals surface area contributed by atoms with Crippen LogP contribution >= 0.6 is 12.4 Å². The first-order chi connectivity index (χ1) is 14.1. The van der Waals surface area contributed by atoms with Gasteiger partial charge in [0, 0.05) is 38.5 Å². The standard InChI is InChI=1S/C22H28N4O3.ClH/c1-14(27)26-11-7-16(8-12-26)22-24-20-17(3-2-4-19(20)29-22)21(28)23-18-13-25-9-5-15(18)6-10-25;/h2-4,15-16,18H,5-13H2,1H3,(H,23,28);1H/t18-;/m1./s1. The molecule has 0 spiro atoms. The van der Waals surface area contributed by atoms with E-state index in [1.807, 2.05) is 23.1 Å². The topological polar surface area (TPSA) is 78.7 Å². The molecule has 0 saturated carbocycles. The Labute approximate surface area is 182 Å². The molecule has 7 nitrogen and oxygen atoms in total. The molecule has 1 atom stereocenters. The number of nitrogens with zero attached hydrogens (tertiary/aromatic N) is 3. The third-order valence-electron chi connectivity index (χ3n) is 6.94. The lowest BCUT2D eigenvalue weighted by Crippen LogP contribution is -2.57. The molecule has 4 saturated heterocycles. The monoisotopic (exact) mass is 432 g/mol. The van der Waals surface area contributed by atoms with E-state index in [0.717, 1.165) is 45.6 Å². The predicted molar refractivity (Wildman–Crippen MR) is 116 cm³/mol. The van der Waals surface area contributed by atoms with Gasteiger partial charge in [-0.1, -0.05) is 6.07 Å². The van der Waals surface area contributed by atoms with Gasteiger partial charge in [-0.3, -0.25) is 9.59 Å². The van der Waals surface area contributed by atoms with E-state index in [2.05, 4.69) is 10.2 Å². The van der Waals surface area contributed by atoms with Gasteiger partial charge in [0.2, 0.25) is 5.91 Å². The first-order valence-electron chi connectivity index (χ1n) is 10.8. The van der Waals surface area contributed by atoms with Gasteiger partial charge in [-0.2, -0.15) is 0 Å². The highest BCUT2D eigenvalue weighted by atomic mass is 35.5. The van der Waals surface area contributed by atoms with Crippen LogP contribution in [0.2, 0.25) is 0 Å². The fourth-order valence-corrected chi connectivity index (χ4v) is 5.14. The Balaban J connectivity index is 0.00000218. The van der Waals surface area contributed by atoms with Crippen molar-refractivity contribution in [3.8, 4) is 0 Å². The molecule has 5 heterocycles.